The van der Waals surface area contributed by atoms with Crippen molar-refractivity contribution in [1.82, 2.24) is 9.80 Å². The first-order valence-corrected chi connectivity index (χ1v) is 8.80. The van der Waals surface area contributed by atoms with Crippen LogP contribution in [0.25, 0.3) is 0 Å². The van der Waals surface area contributed by atoms with Crippen molar-refractivity contribution in [2.24, 2.45) is 0 Å². The molecule has 0 saturated carbocycles. The van der Waals surface area contributed by atoms with Crippen LogP contribution in [0.2, 0.25) is 0 Å². The molecule has 21 heavy (non-hydrogen) atoms. The van der Waals surface area contributed by atoms with Gasteiger partial charge >= 0.3 is 0 Å². The molecule has 0 fully saturated rings. The summed E-state index contributed by atoms with van der Waals surface area (Å²) in [5.74, 6) is 0.0404. The highest BCUT2D eigenvalue weighted by atomic mass is 32.2. The molecule has 0 spiro atoms. The lowest BCUT2D eigenvalue weighted by molar-refractivity contribution is -0.131. The maximum absolute atomic E-state index is 12.1. The van der Waals surface area contributed by atoms with E-state index in [0.29, 0.717) is 24.5 Å². The van der Waals surface area contributed by atoms with Crippen LogP contribution in [0.15, 0.2) is 35.2 Å². The van der Waals surface area contributed by atoms with Gasteiger partial charge in [0.05, 0.1) is 17.2 Å². The molecule has 0 heterocycles. The van der Waals surface area contributed by atoms with Gasteiger partial charge in [-0.05, 0) is 33.0 Å². The molecular weight excluding hydrogens is 288 g/mol. The monoisotopic (exact) mass is 312 g/mol. The largest absolute Gasteiger partial charge is 0.342 e. The molecule has 1 rings (SSSR count). The minimum atomic E-state index is -3.29. The van der Waals surface area contributed by atoms with Crippen LogP contribution in [0.5, 0.6) is 0 Å². The number of hydrogen-bond donors (Lipinski definition) is 0. The number of carbonyl (C=O) groups excluding carboxylic acids is 1. The molecule has 6 heteroatoms. The van der Waals surface area contributed by atoms with Crippen LogP contribution < -0.4 is 0 Å². The Kier molecular flexibility index (Phi) is 6.84. The average molecular weight is 312 g/mol. The Labute approximate surface area is 127 Å². The second kappa shape index (κ2) is 8.14. The summed E-state index contributed by atoms with van der Waals surface area (Å²) in [6.07, 6.45) is 0. The first-order chi connectivity index (χ1) is 9.90. The van der Waals surface area contributed by atoms with Gasteiger partial charge < -0.3 is 4.90 Å². The lowest BCUT2D eigenvalue weighted by Gasteiger charge is -2.23. The fraction of sp³-hybridized carbons (Fsp3) is 0.533. The van der Waals surface area contributed by atoms with Crippen LogP contribution in [0.4, 0.5) is 0 Å². The topological polar surface area (TPSA) is 57.7 Å². The fourth-order valence-electron chi connectivity index (χ4n) is 2.01. The predicted octanol–water partition coefficient (Wildman–Crippen LogP) is 1.26. The summed E-state index contributed by atoms with van der Waals surface area (Å²) in [4.78, 5) is 15.8. The molecule has 1 amide bonds. The van der Waals surface area contributed by atoms with Gasteiger partial charge in [0.15, 0.2) is 9.84 Å². The SMILES string of the molecule is CCN(CC)C(=O)CN(C)CCS(=O)(=O)c1ccccc1. The number of hydrogen-bond acceptors (Lipinski definition) is 4. The van der Waals surface area contributed by atoms with E-state index in [1.54, 1.807) is 47.2 Å². The summed E-state index contributed by atoms with van der Waals surface area (Å²) in [7, 11) is -1.52. The lowest BCUT2D eigenvalue weighted by Crippen LogP contribution is -2.40. The first-order valence-electron chi connectivity index (χ1n) is 7.14. The van der Waals surface area contributed by atoms with Crippen LogP contribution in [0.1, 0.15) is 13.8 Å². The van der Waals surface area contributed by atoms with Crippen molar-refractivity contribution in [2.75, 3.05) is 39.0 Å². The molecule has 118 valence electrons. The third kappa shape index (κ3) is 5.47. The molecule has 0 saturated heterocycles. The van der Waals surface area contributed by atoms with Gasteiger partial charge in [-0.2, -0.15) is 0 Å². The number of rotatable bonds is 8. The Hall–Kier alpha value is -1.40. The second-order valence-corrected chi connectivity index (χ2v) is 7.04. The van der Waals surface area contributed by atoms with Gasteiger partial charge in [0.25, 0.3) is 0 Å². The maximum atomic E-state index is 12.1. The lowest BCUT2D eigenvalue weighted by atomic mass is 10.4. The van der Waals surface area contributed by atoms with Crippen LogP contribution in [0.3, 0.4) is 0 Å². The highest BCUT2D eigenvalue weighted by Gasteiger charge is 2.17. The summed E-state index contributed by atoms with van der Waals surface area (Å²) in [6, 6.07) is 8.39. The van der Waals surface area contributed by atoms with E-state index in [1.165, 1.54) is 0 Å². The number of likely N-dealkylation sites (N-methyl/N-ethyl adjacent to an activating group) is 2. The quantitative estimate of drug-likeness (QED) is 0.725. The van der Waals surface area contributed by atoms with Crippen LogP contribution in [-0.2, 0) is 14.6 Å². The Balaban J connectivity index is 2.53. The van der Waals surface area contributed by atoms with E-state index in [1.807, 2.05) is 13.8 Å². The smallest absolute Gasteiger partial charge is 0.236 e. The molecule has 0 aliphatic carbocycles. The predicted molar refractivity (Wildman–Crippen MR) is 83.9 cm³/mol. The van der Waals surface area contributed by atoms with Crippen molar-refractivity contribution in [3.05, 3.63) is 30.3 Å². The molecule has 1 aromatic carbocycles. The third-order valence-corrected chi connectivity index (χ3v) is 5.08. The molecule has 0 N–H and O–H groups in total. The van der Waals surface area contributed by atoms with Crippen LogP contribution >= 0.6 is 0 Å². The summed E-state index contributed by atoms with van der Waals surface area (Å²) in [6.45, 7) is 5.79. The average Bonchev–Trinajstić information content (AvgIpc) is 2.47. The molecule has 0 bridgehead atoms. The molecule has 5 nitrogen and oxygen atoms in total. The van der Waals surface area contributed by atoms with Crippen molar-refractivity contribution in [1.29, 1.82) is 0 Å². The summed E-state index contributed by atoms with van der Waals surface area (Å²) in [5, 5.41) is 0. The van der Waals surface area contributed by atoms with Crippen molar-refractivity contribution < 1.29 is 13.2 Å². The fourth-order valence-corrected chi connectivity index (χ4v) is 3.37. The van der Waals surface area contributed by atoms with E-state index in [4.69, 9.17) is 0 Å². The van der Waals surface area contributed by atoms with Gasteiger partial charge in [-0.15, -0.1) is 0 Å². The van der Waals surface area contributed by atoms with E-state index in [2.05, 4.69) is 0 Å². The van der Waals surface area contributed by atoms with Crippen LogP contribution in [0, 0.1) is 0 Å². The Bertz CT molecular complexity index is 539. The van der Waals surface area contributed by atoms with Gasteiger partial charge in [0.2, 0.25) is 5.91 Å². The van der Waals surface area contributed by atoms with E-state index >= 15 is 0 Å². The third-order valence-electron chi connectivity index (χ3n) is 3.37. The molecule has 1 aromatic rings. The van der Waals surface area contributed by atoms with E-state index in [0.717, 1.165) is 0 Å². The molecule has 0 atom stereocenters. The van der Waals surface area contributed by atoms with Gasteiger partial charge in [-0.3, -0.25) is 9.69 Å². The molecular formula is C15H24N2O3S. The molecule has 0 aliphatic heterocycles. The maximum Gasteiger partial charge on any atom is 0.236 e. The number of carbonyl (C=O) groups is 1. The number of amides is 1. The normalized spacial score (nSPS) is 11.6. The Morgan fingerprint density at radius 3 is 2.19 bits per heavy atom. The van der Waals surface area contributed by atoms with Gasteiger partial charge in [0, 0.05) is 19.6 Å². The zero-order valence-corrected chi connectivity index (χ0v) is 13.8. The minimum absolute atomic E-state index is 0.0129. The van der Waals surface area contributed by atoms with E-state index in [9.17, 15) is 13.2 Å². The molecule has 0 radical (unpaired) electrons. The number of sulfone groups is 1. The van der Waals surface area contributed by atoms with Crippen molar-refractivity contribution in [2.45, 2.75) is 18.7 Å². The highest BCUT2D eigenvalue weighted by Crippen LogP contribution is 2.10. The van der Waals surface area contributed by atoms with E-state index in [-0.39, 0.29) is 18.2 Å². The molecule has 0 aliphatic rings. The highest BCUT2D eigenvalue weighted by molar-refractivity contribution is 7.91. The summed E-state index contributed by atoms with van der Waals surface area (Å²) >= 11 is 0. The van der Waals surface area contributed by atoms with Gasteiger partial charge in [-0.1, -0.05) is 18.2 Å². The van der Waals surface area contributed by atoms with Crippen molar-refractivity contribution >= 4 is 15.7 Å². The van der Waals surface area contributed by atoms with E-state index < -0.39 is 9.84 Å². The standard InChI is InChI=1S/C15H24N2O3S/c1-4-17(5-2)15(18)13-16(3)11-12-21(19,20)14-9-7-6-8-10-14/h6-10H,4-5,11-13H2,1-3H3. The summed E-state index contributed by atoms with van der Waals surface area (Å²) in [5.41, 5.74) is 0. The van der Waals surface area contributed by atoms with Crippen LogP contribution in [-0.4, -0.2) is 63.1 Å². The van der Waals surface area contributed by atoms with Gasteiger partial charge in [-0.25, -0.2) is 8.42 Å². The zero-order chi connectivity index (χ0) is 15.9. The first kappa shape index (κ1) is 17.7. The number of nitrogens with zero attached hydrogens (tertiary/aromatic N) is 2. The van der Waals surface area contributed by atoms with Crippen molar-refractivity contribution in [3.8, 4) is 0 Å². The van der Waals surface area contributed by atoms with Crippen molar-refractivity contribution in [3.63, 3.8) is 0 Å². The zero-order valence-electron chi connectivity index (χ0n) is 12.9. The molecule has 0 unspecified atom stereocenters. The number of benzene rings is 1. The minimum Gasteiger partial charge on any atom is -0.342 e. The summed E-state index contributed by atoms with van der Waals surface area (Å²) < 4.78 is 24.3. The van der Waals surface area contributed by atoms with Gasteiger partial charge in [0.1, 0.15) is 0 Å². The molecule has 0 aromatic heterocycles. The Morgan fingerprint density at radius 1 is 1.10 bits per heavy atom. The second-order valence-electron chi connectivity index (χ2n) is 4.94. The Morgan fingerprint density at radius 2 is 1.67 bits per heavy atom.